The molecule has 202 valence electrons. The predicted octanol–water partition coefficient (Wildman–Crippen LogP) is 4.68. The SMILES string of the molecule is Cc1c(-c2ccc(Cl)cc2)n(CC(O)C(F)(F)F)c(=O)n1Cc1nc(C(C)O)nn1-c1cc(F)cc(Cl)c1. The standard InChI is InChI=1S/C24H21Cl2F4N5O3/c1-12-21(14-3-5-15(25)6-4-14)34(10-19(37)24(28,29)30)23(38)33(12)11-20-31-22(13(2)36)32-35(20)18-8-16(26)7-17(27)9-18/h3-9,13,19,36-37H,10-11H2,1-2H3. The van der Waals surface area contributed by atoms with E-state index in [1.807, 2.05) is 0 Å². The molecule has 0 saturated carbocycles. The molecule has 14 heteroatoms. The average Bonchev–Trinajstić information content (AvgIpc) is 3.34. The minimum Gasteiger partial charge on any atom is -0.385 e. The molecule has 2 unspecified atom stereocenters. The lowest BCUT2D eigenvalue weighted by Crippen LogP contribution is -2.37. The first-order valence-corrected chi connectivity index (χ1v) is 11.9. The van der Waals surface area contributed by atoms with Gasteiger partial charge in [-0.3, -0.25) is 9.13 Å². The number of benzene rings is 2. The molecule has 0 saturated heterocycles. The molecule has 2 aromatic heterocycles. The van der Waals surface area contributed by atoms with E-state index in [4.69, 9.17) is 23.2 Å². The van der Waals surface area contributed by atoms with Gasteiger partial charge in [-0.25, -0.2) is 18.9 Å². The highest BCUT2D eigenvalue weighted by Crippen LogP contribution is 2.28. The van der Waals surface area contributed by atoms with Crippen molar-refractivity contribution in [1.82, 2.24) is 23.9 Å². The molecule has 0 amide bonds. The number of aliphatic hydroxyl groups is 2. The maximum atomic E-state index is 14.1. The predicted molar refractivity (Wildman–Crippen MR) is 132 cm³/mol. The van der Waals surface area contributed by atoms with Crippen LogP contribution in [0.5, 0.6) is 0 Å². The van der Waals surface area contributed by atoms with Gasteiger partial charge < -0.3 is 10.2 Å². The summed E-state index contributed by atoms with van der Waals surface area (Å²) in [6, 6.07) is 9.70. The lowest BCUT2D eigenvalue weighted by atomic mass is 10.1. The van der Waals surface area contributed by atoms with Crippen LogP contribution in [0.1, 0.15) is 30.4 Å². The van der Waals surface area contributed by atoms with E-state index in [2.05, 4.69) is 10.1 Å². The molecule has 2 N–H and O–H groups in total. The van der Waals surface area contributed by atoms with Crippen molar-refractivity contribution < 1.29 is 27.8 Å². The maximum absolute atomic E-state index is 14.1. The second-order valence-electron chi connectivity index (χ2n) is 8.58. The van der Waals surface area contributed by atoms with Crippen molar-refractivity contribution in [3.05, 3.63) is 86.2 Å². The Hall–Kier alpha value is -3.19. The van der Waals surface area contributed by atoms with Crippen LogP contribution in [0.15, 0.2) is 47.3 Å². The largest absolute Gasteiger partial charge is 0.416 e. The van der Waals surface area contributed by atoms with Crippen molar-refractivity contribution in [2.24, 2.45) is 0 Å². The molecule has 38 heavy (non-hydrogen) atoms. The first-order valence-electron chi connectivity index (χ1n) is 11.2. The Morgan fingerprint density at radius 2 is 1.68 bits per heavy atom. The van der Waals surface area contributed by atoms with E-state index >= 15 is 0 Å². The van der Waals surface area contributed by atoms with Crippen molar-refractivity contribution in [3.8, 4) is 16.9 Å². The topological polar surface area (TPSA) is 98.1 Å². The quantitative estimate of drug-likeness (QED) is 0.313. The Morgan fingerprint density at radius 1 is 1.03 bits per heavy atom. The number of hydrogen-bond donors (Lipinski definition) is 2. The molecule has 0 aliphatic heterocycles. The monoisotopic (exact) mass is 573 g/mol. The fourth-order valence-corrected chi connectivity index (χ4v) is 4.31. The minimum atomic E-state index is -4.96. The van der Waals surface area contributed by atoms with Gasteiger partial charge >= 0.3 is 11.9 Å². The Balaban J connectivity index is 1.89. The number of hydrogen-bond acceptors (Lipinski definition) is 5. The molecule has 0 bridgehead atoms. The van der Waals surface area contributed by atoms with Gasteiger partial charge in [-0.05, 0) is 44.2 Å². The number of imidazole rings is 1. The first kappa shape index (κ1) is 27.8. The fourth-order valence-electron chi connectivity index (χ4n) is 3.96. The number of halogens is 6. The smallest absolute Gasteiger partial charge is 0.385 e. The highest BCUT2D eigenvalue weighted by molar-refractivity contribution is 6.31. The molecule has 0 spiro atoms. The van der Waals surface area contributed by atoms with Crippen molar-refractivity contribution >= 4 is 23.2 Å². The van der Waals surface area contributed by atoms with Crippen LogP contribution < -0.4 is 5.69 Å². The average molecular weight is 574 g/mol. The number of alkyl halides is 3. The number of aromatic nitrogens is 5. The zero-order valence-corrected chi connectivity index (χ0v) is 21.4. The second kappa shape index (κ2) is 10.5. The zero-order chi connectivity index (χ0) is 27.9. The Kier molecular flexibility index (Phi) is 7.71. The van der Waals surface area contributed by atoms with Gasteiger partial charge in [0.15, 0.2) is 17.8 Å². The summed E-state index contributed by atoms with van der Waals surface area (Å²) in [5.74, 6) is -0.627. The molecule has 2 aromatic carbocycles. The molecule has 4 rings (SSSR count). The van der Waals surface area contributed by atoms with Crippen molar-refractivity contribution in [1.29, 1.82) is 0 Å². The van der Waals surface area contributed by atoms with Gasteiger partial charge in [-0.2, -0.15) is 13.2 Å². The Labute approximate surface area is 223 Å². The third-order valence-electron chi connectivity index (χ3n) is 5.79. The summed E-state index contributed by atoms with van der Waals surface area (Å²) >= 11 is 11.9. The second-order valence-corrected chi connectivity index (χ2v) is 9.45. The van der Waals surface area contributed by atoms with Gasteiger partial charge in [0.05, 0.1) is 24.5 Å². The molecule has 4 aromatic rings. The molecule has 0 aliphatic carbocycles. The van der Waals surface area contributed by atoms with E-state index in [1.165, 1.54) is 48.9 Å². The van der Waals surface area contributed by atoms with E-state index < -0.39 is 36.4 Å². The number of rotatable bonds is 7. The van der Waals surface area contributed by atoms with Gasteiger partial charge in [-0.15, -0.1) is 5.10 Å². The van der Waals surface area contributed by atoms with Crippen molar-refractivity contribution in [3.63, 3.8) is 0 Å². The summed E-state index contributed by atoms with van der Waals surface area (Å²) in [6.07, 6.45) is -8.88. The van der Waals surface area contributed by atoms with E-state index in [0.29, 0.717) is 10.6 Å². The van der Waals surface area contributed by atoms with Crippen LogP contribution in [-0.4, -0.2) is 46.4 Å². The lowest BCUT2D eigenvalue weighted by molar-refractivity contribution is -0.207. The highest BCUT2D eigenvalue weighted by Gasteiger charge is 2.39. The fraction of sp³-hybridized carbons (Fsp3) is 0.292. The molecule has 2 heterocycles. The summed E-state index contributed by atoms with van der Waals surface area (Å²) in [5.41, 5.74) is 0.0731. The molecular weight excluding hydrogens is 553 g/mol. The Morgan fingerprint density at radius 3 is 2.26 bits per heavy atom. The van der Waals surface area contributed by atoms with Crippen LogP contribution in [0, 0.1) is 12.7 Å². The summed E-state index contributed by atoms with van der Waals surface area (Å²) < 4.78 is 56.9. The van der Waals surface area contributed by atoms with E-state index in [9.17, 15) is 32.6 Å². The molecule has 2 atom stereocenters. The van der Waals surface area contributed by atoms with Crippen LogP contribution in [-0.2, 0) is 13.1 Å². The Bertz CT molecular complexity index is 1510. The summed E-state index contributed by atoms with van der Waals surface area (Å²) in [6.45, 7) is 1.57. The molecule has 0 radical (unpaired) electrons. The molecular formula is C24H21Cl2F4N5O3. The van der Waals surface area contributed by atoms with Gasteiger partial charge in [0, 0.05) is 21.3 Å². The highest BCUT2D eigenvalue weighted by atomic mass is 35.5. The van der Waals surface area contributed by atoms with Crippen molar-refractivity contribution in [2.75, 3.05) is 0 Å². The van der Waals surface area contributed by atoms with Gasteiger partial charge in [0.2, 0.25) is 0 Å². The van der Waals surface area contributed by atoms with E-state index in [1.54, 1.807) is 0 Å². The third kappa shape index (κ3) is 5.63. The number of aliphatic hydroxyl groups excluding tert-OH is 2. The van der Waals surface area contributed by atoms with Gasteiger partial charge in [0.25, 0.3) is 0 Å². The van der Waals surface area contributed by atoms with E-state index in [-0.39, 0.29) is 40.3 Å². The maximum Gasteiger partial charge on any atom is 0.416 e. The van der Waals surface area contributed by atoms with Crippen LogP contribution >= 0.6 is 23.2 Å². The first-order chi connectivity index (χ1) is 17.8. The summed E-state index contributed by atoms with van der Waals surface area (Å²) in [7, 11) is 0. The van der Waals surface area contributed by atoms with Crippen LogP contribution in [0.2, 0.25) is 10.0 Å². The third-order valence-corrected chi connectivity index (χ3v) is 6.26. The number of nitrogens with zero attached hydrogens (tertiary/aromatic N) is 5. The van der Waals surface area contributed by atoms with Gasteiger partial charge in [0.1, 0.15) is 11.9 Å². The van der Waals surface area contributed by atoms with Crippen molar-refractivity contribution in [2.45, 2.75) is 45.3 Å². The summed E-state index contributed by atoms with van der Waals surface area (Å²) in [4.78, 5) is 17.7. The van der Waals surface area contributed by atoms with Gasteiger partial charge in [-0.1, -0.05) is 35.3 Å². The molecule has 0 aliphatic rings. The molecule has 0 fully saturated rings. The summed E-state index contributed by atoms with van der Waals surface area (Å²) in [5, 5.41) is 24.4. The van der Waals surface area contributed by atoms with Crippen LogP contribution in [0.3, 0.4) is 0 Å². The van der Waals surface area contributed by atoms with Crippen LogP contribution in [0.25, 0.3) is 16.9 Å². The zero-order valence-electron chi connectivity index (χ0n) is 19.9. The minimum absolute atomic E-state index is 0.0315. The lowest BCUT2D eigenvalue weighted by Gasteiger charge is -2.16. The van der Waals surface area contributed by atoms with Crippen LogP contribution in [0.4, 0.5) is 17.6 Å². The van der Waals surface area contributed by atoms with E-state index in [0.717, 1.165) is 21.3 Å². The molecule has 8 nitrogen and oxygen atoms in total. The normalized spacial score (nSPS) is 13.6.